The van der Waals surface area contributed by atoms with E-state index in [0.29, 0.717) is 0 Å². The van der Waals surface area contributed by atoms with Gasteiger partial charge in [0.25, 0.3) is 0 Å². The van der Waals surface area contributed by atoms with Crippen LogP contribution in [0.25, 0.3) is 0 Å². The Hall–Kier alpha value is -0.720. The van der Waals surface area contributed by atoms with E-state index in [1.54, 1.807) is 5.57 Å². The first-order chi connectivity index (χ1) is 15.8. The van der Waals surface area contributed by atoms with E-state index in [9.17, 15) is 0 Å². The Morgan fingerprint density at radius 2 is 0.969 bits per heavy atom. The second-order valence-electron chi connectivity index (χ2n) is 10.6. The van der Waals surface area contributed by atoms with Crippen molar-refractivity contribution >= 4 is 0 Å². The molecular formula is C31H59N. The van der Waals surface area contributed by atoms with Gasteiger partial charge in [0.05, 0.1) is 0 Å². The zero-order valence-electron chi connectivity index (χ0n) is 22.5. The SMILES string of the molecule is CCCCCCCCCCCCC(CCCCCCCCCCCC)C1=CCN(C)C=C1. The molecule has 0 amide bonds. The van der Waals surface area contributed by atoms with Gasteiger partial charge in [-0.25, -0.2) is 0 Å². The molecule has 0 fully saturated rings. The summed E-state index contributed by atoms with van der Waals surface area (Å²) >= 11 is 0. The Balaban J connectivity index is 2.14. The number of hydrogen-bond donors (Lipinski definition) is 0. The molecule has 0 radical (unpaired) electrons. The number of hydrogen-bond acceptors (Lipinski definition) is 1. The second-order valence-corrected chi connectivity index (χ2v) is 10.6. The first-order valence-electron chi connectivity index (χ1n) is 14.9. The Kier molecular flexibility index (Phi) is 20.2. The van der Waals surface area contributed by atoms with E-state index in [-0.39, 0.29) is 0 Å². The highest BCUT2D eigenvalue weighted by Gasteiger charge is 2.14. The summed E-state index contributed by atoms with van der Waals surface area (Å²) in [5.41, 5.74) is 1.63. The Morgan fingerprint density at radius 1 is 0.594 bits per heavy atom. The molecule has 1 rings (SSSR count). The van der Waals surface area contributed by atoms with Crippen molar-refractivity contribution < 1.29 is 0 Å². The van der Waals surface area contributed by atoms with E-state index < -0.39 is 0 Å². The first-order valence-corrected chi connectivity index (χ1v) is 14.9. The average molecular weight is 446 g/mol. The van der Waals surface area contributed by atoms with Crippen LogP contribution in [0.2, 0.25) is 0 Å². The smallest absolute Gasteiger partial charge is 0.0356 e. The van der Waals surface area contributed by atoms with Gasteiger partial charge in [0.1, 0.15) is 0 Å². The lowest BCUT2D eigenvalue weighted by Gasteiger charge is -2.24. The predicted molar refractivity (Wildman–Crippen MR) is 146 cm³/mol. The number of nitrogens with zero attached hydrogens (tertiary/aromatic N) is 1. The normalized spacial score (nSPS) is 13.9. The van der Waals surface area contributed by atoms with Crippen molar-refractivity contribution in [1.29, 1.82) is 0 Å². The van der Waals surface area contributed by atoms with E-state index >= 15 is 0 Å². The second kappa shape index (κ2) is 22.1. The molecular weight excluding hydrogens is 386 g/mol. The molecule has 1 heteroatoms. The van der Waals surface area contributed by atoms with Crippen molar-refractivity contribution in [2.75, 3.05) is 13.6 Å². The van der Waals surface area contributed by atoms with E-state index in [2.05, 4.69) is 44.1 Å². The minimum Gasteiger partial charge on any atom is -0.377 e. The minimum absolute atomic E-state index is 0.808. The van der Waals surface area contributed by atoms with Crippen LogP contribution in [0.4, 0.5) is 0 Å². The van der Waals surface area contributed by atoms with Gasteiger partial charge in [0.15, 0.2) is 0 Å². The van der Waals surface area contributed by atoms with Crippen molar-refractivity contribution in [2.24, 2.45) is 5.92 Å². The molecule has 0 atom stereocenters. The number of likely N-dealkylation sites (N-methyl/N-ethyl adjacent to an activating group) is 1. The first kappa shape index (κ1) is 29.3. The van der Waals surface area contributed by atoms with Gasteiger partial charge in [-0.1, -0.05) is 148 Å². The molecule has 0 aromatic carbocycles. The van der Waals surface area contributed by atoms with Gasteiger partial charge in [0, 0.05) is 13.6 Å². The third kappa shape index (κ3) is 16.8. The maximum Gasteiger partial charge on any atom is 0.0356 e. The van der Waals surface area contributed by atoms with Crippen LogP contribution in [-0.4, -0.2) is 18.5 Å². The van der Waals surface area contributed by atoms with Gasteiger partial charge in [-0.05, 0) is 36.6 Å². The molecule has 1 heterocycles. The van der Waals surface area contributed by atoms with Crippen LogP contribution in [-0.2, 0) is 0 Å². The van der Waals surface area contributed by atoms with Crippen LogP contribution in [0.1, 0.15) is 155 Å². The lowest BCUT2D eigenvalue weighted by atomic mass is 9.86. The summed E-state index contributed by atoms with van der Waals surface area (Å²) < 4.78 is 0. The van der Waals surface area contributed by atoms with Gasteiger partial charge >= 0.3 is 0 Å². The van der Waals surface area contributed by atoms with E-state index in [4.69, 9.17) is 0 Å². The molecule has 1 nitrogen and oxygen atoms in total. The summed E-state index contributed by atoms with van der Waals surface area (Å²) in [5.74, 6) is 0.808. The summed E-state index contributed by atoms with van der Waals surface area (Å²) in [6.07, 6.45) is 38.9. The lowest BCUT2D eigenvalue weighted by molar-refractivity contribution is 0.439. The summed E-state index contributed by atoms with van der Waals surface area (Å²) in [7, 11) is 2.18. The van der Waals surface area contributed by atoms with Gasteiger partial charge in [-0.15, -0.1) is 0 Å². The van der Waals surface area contributed by atoms with Gasteiger partial charge in [-0.3, -0.25) is 0 Å². The molecule has 0 saturated heterocycles. The Labute approximate surface area is 203 Å². The number of unbranched alkanes of at least 4 members (excludes halogenated alkanes) is 18. The topological polar surface area (TPSA) is 3.24 Å². The molecule has 0 spiro atoms. The van der Waals surface area contributed by atoms with Crippen LogP contribution >= 0.6 is 0 Å². The maximum absolute atomic E-state index is 2.50. The Bertz CT molecular complexity index is 425. The molecule has 1 aliphatic heterocycles. The van der Waals surface area contributed by atoms with Crippen molar-refractivity contribution in [1.82, 2.24) is 4.90 Å². The van der Waals surface area contributed by atoms with Crippen LogP contribution in [0.15, 0.2) is 23.9 Å². The summed E-state index contributed by atoms with van der Waals surface area (Å²) in [6.45, 7) is 5.71. The van der Waals surface area contributed by atoms with Crippen LogP contribution < -0.4 is 0 Å². The van der Waals surface area contributed by atoms with Crippen LogP contribution in [0, 0.1) is 5.92 Å². The average Bonchev–Trinajstić information content (AvgIpc) is 2.80. The van der Waals surface area contributed by atoms with Gasteiger partial charge in [-0.2, -0.15) is 0 Å². The molecule has 0 bridgehead atoms. The number of allylic oxidation sites excluding steroid dienone is 2. The molecule has 0 N–H and O–H groups in total. The van der Waals surface area contributed by atoms with Crippen LogP contribution in [0.3, 0.4) is 0 Å². The molecule has 1 aliphatic rings. The van der Waals surface area contributed by atoms with Gasteiger partial charge < -0.3 is 4.90 Å². The Morgan fingerprint density at radius 3 is 1.31 bits per heavy atom. The highest BCUT2D eigenvalue weighted by atomic mass is 15.1. The predicted octanol–water partition coefficient (Wildman–Crippen LogP) is 10.6. The zero-order valence-corrected chi connectivity index (χ0v) is 22.5. The largest absolute Gasteiger partial charge is 0.377 e. The highest BCUT2D eigenvalue weighted by Crippen LogP contribution is 2.28. The molecule has 32 heavy (non-hydrogen) atoms. The lowest BCUT2D eigenvalue weighted by Crippen LogP contribution is -2.16. The molecule has 0 aromatic rings. The van der Waals surface area contributed by atoms with Crippen molar-refractivity contribution in [3.63, 3.8) is 0 Å². The van der Waals surface area contributed by atoms with E-state index in [1.807, 2.05) is 0 Å². The van der Waals surface area contributed by atoms with Crippen molar-refractivity contribution in [3.05, 3.63) is 23.9 Å². The minimum atomic E-state index is 0.808. The fourth-order valence-electron chi connectivity index (χ4n) is 5.13. The van der Waals surface area contributed by atoms with Crippen LogP contribution in [0.5, 0.6) is 0 Å². The summed E-state index contributed by atoms with van der Waals surface area (Å²) in [5, 5.41) is 0. The fraction of sp³-hybridized carbons (Fsp3) is 0.871. The molecule has 0 aromatic heterocycles. The third-order valence-electron chi connectivity index (χ3n) is 7.42. The standard InChI is InChI=1S/C31H59N/c1-4-6-8-10-12-14-16-18-20-22-24-30(31-26-28-32(3)29-27-31)25-23-21-19-17-15-13-11-9-7-5-2/h26-28,30H,4-25,29H2,1-3H3. The van der Waals surface area contributed by atoms with Crippen molar-refractivity contribution in [3.8, 4) is 0 Å². The third-order valence-corrected chi connectivity index (χ3v) is 7.42. The van der Waals surface area contributed by atoms with E-state index in [0.717, 1.165) is 12.5 Å². The molecule has 0 aliphatic carbocycles. The monoisotopic (exact) mass is 445 g/mol. The number of rotatable bonds is 23. The zero-order chi connectivity index (χ0) is 23.1. The summed E-state index contributed by atoms with van der Waals surface area (Å²) in [4.78, 5) is 2.29. The molecule has 188 valence electrons. The fourth-order valence-corrected chi connectivity index (χ4v) is 5.13. The molecule has 0 saturated carbocycles. The summed E-state index contributed by atoms with van der Waals surface area (Å²) in [6, 6.07) is 0. The highest BCUT2D eigenvalue weighted by molar-refractivity contribution is 5.25. The van der Waals surface area contributed by atoms with Crippen molar-refractivity contribution in [2.45, 2.75) is 155 Å². The van der Waals surface area contributed by atoms with Gasteiger partial charge in [0.2, 0.25) is 0 Å². The quantitative estimate of drug-likeness (QED) is 0.141. The maximum atomic E-state index is 2.50. The molecule has 0 unspecified atom stereocenters. The van der Waals surface area contributed by atoms with E-state index in [1.165, 1.54) is 141 Å².